The molecule has 1 aromatic rings. The Morgan fingerprint density at radius 2 is 2.54 bits per heavy atom. The maximum absolute atomic E-state index is 10.4. The summed E-state index contributed by atoms with van der Waals surface area (Å²) in [6.07, 6.45) is 0.919. The van der Waals surface area contributed by atoms with Crippen molar-refractivity contribution in [1.29, 1.82) is 0 Å². The summed E-state index contributed by atoms with van der Waals surface area (Å²) in [6.45, 7) is 3.23. The molecule has 0 aromatic carbocycles. The Kier molecular flexibility index (Phi) is 7.12. The average molecular weight is 371 g/mol. The Morgan fingerprint density at radius 1 is 1.71 bits per heavy atom. The zero-order chi connectivity index (χ0) is 17.4. The van der Waals surface area contributed by atoms with E-state index in [0.29, 0.717) is 12.4 Å². The van der Waals surface area contributed by atoms with Gasteiger partial charge in [-0.1, -0.05) is 0 Å². The number of aromatic nitrogens is 1. The van der Waals surface area contributed by atoms with Gasteiger partial charge in [-0.2, -0.15) is 0 Å². The van der Waals surface area contributed by atoms with Gasteiger partial charge in [-0.15, -0.1) is 23.1 Å². The van der Waals surface area contributed by atoms with Gasteiger partial charge in [-0.05, 0) is 0 Å². The number of nitrogens with zero attached hydrogens (tertiary/aromatic N) is 4. The van der Waals surface area contributed by atoms with Gasteiger partial charge in [0.25, 0.3) is 6.20 Å². The van der Waals surface area contributed by atoms with Crippen LogP contribution < -0.4 is 16.0 Å². The van der Waals surface area contributed by atoms with Gasteiger partial charge in [0.1, 0.15) is 10.0 Å². The van der Waals surface area contributed by atoms with Gasteiger partial charge < -0.3 is 20.9 Å². The molecule has 0 saturated carbocycles. The number of hydrogen-bond acceptors (Lipinski definition) is 8. The van der Waals surface area contributed by atoms with Gasteiger partial charge in [0, 0.05) is 44.9 Å². The van der Waals surface area contributed by atoms with E-state index in [0.717, 1.165) is 47.6 Å². The summed E-state index contributed by atoms with van der Waals surface area (Å²) in [5.41, 5.74) is 0. The highest BCUT2D eigenvalue weighted by molar-refractivity contribution is 7.99. The van der Waals surface area contributed by atoms with E-state index in [2.05, 4.69) is 30.8 Å². The molecular weight excluding hydrogens is 350 g/mol. The first kappa shape index (κ1) is 18.3. The van der Waals surface area contributed by atoms with Gasteiger partial charge in [0.05, 0.1) is 11.5 Å². The summed E-state index contributed by atoms with van der Waals surface area (Å²) in [5.74, 6) is 2.08. The van der Waals surface area contributed by atoms with Gasteiger partial charge in [-0.25, -0.2) is 4.98 Å². The topological polar surface area (TPSA) is 108 Å². The molecule has 1 saturated heterocycles. The molecule has 9 nitrogen and oxygen atoms in total. The lowest BCUT2D eigenvalue weighted by molar-refractivity contribution is -0.404. The van der Waals surface area contributed by atoms with Gasteiger partial charge in [0.15, 0.2) is 11.8 Å². The second kappa shape index (κ2) is 9.33. The van der Waals surface area contributed by atoms with E-state index < -0.39 is 4.92 Å². The number of thiazole rings is 1. The lowest BCUT2D eigenvalue weighted by atomic mass is 10.5. The number of rotatable bonds is 9. The predicted molar refractivity (Wildman–Crippen MR) is 96.7 cm³/mol. The van der Waals surface area contributed by atoms with Crippen LogP contribution in [0.25, 0.3) is 0 Å². The normalized spacial score (nSPS) is 16.3. The minimum atomic E-state index is -0.486. The largest absolute Gasteiger partial charge is 0.370 e. The molecule has 0 bridgehead atoms. The molecule has 0 atom stereocenters. The van der Waals surface area contributed by atoms with Crippen molar-refractivity contribution >= 4 is 29.1 Å². The monoisotopic (exact) mass is 371 g/mol. The highest BCUT2D eigenvalue weighted by atomic mass is 32.2. The van der Waals surface area contributed by atoms with Crippen LogP contribution in [0.1, 0.15) is 5.01 Å². The lowest BCUT2D eigenvalue weighted by Gasteiger charge is -2.14. The number of nitro groups is 1. The molecule has 132 valence electrons. The van der Waals surface area contributed by atoms with Gasteiger partial charge in [-0.3, -0.25) is 15.1 Å². The summed E-state index contributed by atoms with van der Waals surface area (Å²) < 4.78 is 0. The van der Waals surface area contributed by atoms with E-state index in [1.165, 1.54) is 0 Å². The Labute approximate surface area is 148 Å². The minimum Gasteiger partial charge on any atom is -0.370 e. The van der Waals surface area contributed by atoms with Crippen LogP contribution in [0.2, 0.25) is 0 Å². The first-order valence-corrected chi connectivity index (χ1v) is 9.28. The molecule has 1 fully saturated rings. The second-order valence-corrected chi connectivity index (χ2v) is 6.89. The van der Waals surface area contributed by atoms with Crippen LogP contribution in [-0.2, 0) is 6.54 Å². The van der Waals surface area contributed by atoms with Crippen molar-refractivity contribution in [2.24, 2.45) is 4.99 Å². The van der Waals surface area contributed by atoms with E-state index in [-0.39, 0.29) is 0 Å². The van der Waals surface area contributed by atoms with E-state index >= 15 is 0 Å². The standard InChI is InChI=1S/C13H21N7O2S2/c1-14-10(7-20(21)22)16-4-6-23-12-9-24-11(18-12)8-19-5-3-17-13(19)15-2/h7,9,14,16H,3-6,8H2,1-2H3,(H,15,17)/b10-7+. The molecule has 2 rings (SSSR count). The van der Waals surface area contributed by atoms with Crippen LogP contribution in [0, 0.1) is 10.1 Å². The number of guanidine groups is 1. The van der Waals surface area contributed by atoms with Crippen molar-refractivity contribution in [1.82, 2.24) is 25.8 Å². The molecule has 0 spiro atoms. The third-order valence-electron chi connectivity index (χ3n) is 3.20. The molecule has 0 radical (unpaired) electrons. The molecule has 24 heavy (non-hydrogen) atoms. The third kappa shape index (κ3) is 5.57. The Bertz CT molecular complexity index is 617. The van der Waals surface area contributed by atoms with E-state index in [1.807, 2.05) is 5.38 Å². The Balaban J connectivity index is 1.75. The SMILES string of the molecule is CN=C1NCCN1Cc1nc(SCCN/C(=C/[N+](=O)[O-])NC)cs1. The molecule has 2 heterocycles. The van der Waals surface area contributed by atoms with E-state index in [1.54, 1.807) is 37.2 Å². The number of hydrogen-bond donors (Lipinski definition) is 3. The highest BCUT2D eigenvalue weighted by Gasteiger charge is 2.18. The van der Waals surface area contributed by atoms with Crippen LogP contribution in [-0.4, -0.2) is 60.2 Å². The first-order chi connectivity index (χ1) is 11.6. The van der Waals surface area contributed by atoms with Gasteiger partial charge in [0.2, 0.25) is 0 Å². The molecule has 0 aliphatic carbocycles. The second-order valence-electron chi connectivity index (χ2n) is 4.83. The van der Waals surface area contributed by atoms with E-state index in [4.69, 9.17) is 0 Å². The zero-order valence-electron chi connectivity index (χ0n) is 13.6. The Morgan fingerprint density at radius 3 is 3.25 bits per heavy atom. The summed E-state index contributed by atoms with van der Waals surface area (Å²) in [5, 5.41) is 23.5. The predicted octanol–water partition coefficient (Wildman–Crippen LogP) is 0.511. The van der Waals surface area contributed by atoms with Crippen molar-refractivity contribution in [3.63, 3.8) is 0 Å². The highest BCUT2D eigenvalue weighted by Crippen LogP contribution is 2.21. The molecule has 0 amide bonds. The zero-order valence-corrected chi connectivity index (χ0v) is 15.2. The minimum absolute atomic E-state index is 0.396. The lowest BCUT2D eigenvalue weighted by Crippen LogP contribution is -2.29. The third-order valence-corrected chi connectivity index (χ3v) is 5.10. The summed E-state index contributed by atoms with van der Waals surface area (Å²) in [4.78, 5) is 21.0. The smallest absolute Gasteiger partial charge is 0.274 e. The molecule has 1 aliphatic rings. The van der Waals surface area contributed by atoms with Gasteiger partial charge >= 0.3 is 0 Å². The Hall–Kier alpha value is -2.01. The maximum atomic E-state index is 10.4. The van der Waals surface area contributed by atoms with Crippen molar-refractivity contribution in [3.8, 4) is 0 Å². The van der Waals surface area contributed by atoms with Crippen LogP contribution >= 0.6 is 23.1 Å². The number of nitrogens with one attached hydrogen (secondary N) is 3. The van der Waals surface area contributed by atoms with Crippen LogP contribution in [0.5, 0.6) is 0 Å². The fourth-order valence-electron chi connectivity index (χ4n) is 2.14. The van der Waals surface area contributed by atoms with Crippen molar-refractivity contribution in [2.45, 2.75) is 11.6 Å². The molecule has 0 unspecified atom stereocenters. The fraction of sp³-hybridized carbons (Fsp3) is 0.538. The molecule has 1 aromatic heterocycles. The maximum Gasteiger partial charge on any atom is 0.274 e. The molecule has 11 heteroatoms. The molecule has 3 N–H and O–H groups in total. The van der Waals surface area contributed by atoms with Crippen LogP contribution in [0.15, 0.2) is 27.4 Å². The van der Waals surface area contributed by atoms with Crippen LogP contribution in [0.4, 0.5) is 0 Å². The summed E-state index contributed by atoms with van der Waals surface area (Å²) in [6, 6.07) is 0. The van der Waals surface area contributed by atoms with Crippen LogP contribution in [0.3, 0.4) is 0 Å². The van der Waals surface area contributed by atoms with Crippen molar-refractivity contribution < 1.29 is 4.92 Å². The van der Waals surface area contributed by atoms with E-state index in [9.17, 15) is 10.1 Å². The molecular formula is C13H21N7O2S2. The molecule has 1 aliphatic heterocycles. The number of aliphatic imine (C=N–C) groups is 1. The van der Waals surface area contributed by atoms with Crippen molar-refractivity contribution in [2.75, 3.05) is 39.5 Å². The summed E-state index contributed by atoms with van der Waals surface area (Å²) in [7, 11) is 3.42. The quantitative estimate of drug-likeness (QED) is 0.249. The first-order valence-electron chi connectivity index (χ1n) is 7.42. The van der Waals surface area contributed by atoms with Crippen molar-refractivity contribution in [3.05, 3.63) is 32.5 Å². The summed E-state index contributed by atoms with van der Waals surface area (Å²) >= 11 is 3.26. The average Bonchev–Trinajstić information content (AvgIpc) is 3.19. The fourth-order valence-corrected chi connectivity index (χ4v) is 3.87. The number of thioether (sulfide) groups is 1.